The smallest absolute Gasteiger partial charge is 0.407 e. The van der Waals surface area contributed by atoms with Gasteiger partial charge in [-0.25, -0.2) is 4.79 Å². The monoisotopic (exact) mass is 260 g/mol. The van der Waals surface area contributed by atoms with Crippen molar-refractivity contribution < 1.29 is 14.6 Å². The second-order valence-corrected chi connectivity index (χ2v) is 4.68. The summed E-state index contributed by atoms with van der Waals surface area (Å²) >= 11 is 0. The van der Waals surface area contributed by atoms with Crippen molar-refractivity contribution in [1.29, 1.82) is 5.26 Å². The third kappa shape index (κ3) is 3.62. The first-order valence-electron chi connectivity index (χ1n) is 6.30. The molecule has 0 radical (unpaired) electrons. The van der Waals surface area contributed by atoms with E-state index in [0.29, 0.717) is 31.0 Å². The summed E-state index contributed by atoms with van der Waals surface area (Å²) < 4.78 is 5.64. The maximum absolute atomic E-state index is 10.9. The lowest BCUT2D eigenvalue weighted by molar-refractivity contribution is 0.105. The van der Waals surface area contributed by atoms with Gasteiger partial charge in [0, 0.05) is 19.0 Å². The van der Waals surface area contributed by atoms with Gasteiger partial charge in [-0.05, 0) is 37.1 Å². The van der Waals surface area contributed by atoms with E-state index in [4.69, 9.17) is 15.1 Å². The highest BCUT2D eigenvalue weighted by Crippen LogP contribution is 2.19. The zero-order valence-corrected chi connectivity index (χ0v) is 10.6. The number of nitriles is 1. The molecule has 1 heterocycles. The number of benzene rings is 1. The molecule has 100 valence electrons. The Morgan fingerprint density at radius 1 is 1.47 bits per heavy atom. The van der Waals surface area contributed by atoms with Crippen molar-refractivity contribution in [2.45, 2.75) is 12.8 Å². The SMILES string of the molecule is N#Cc1ccc(OCC2CCCN(C(=O)O)C2)cc1. The van der Waals surface area contributed by atoms with Crippen molar-refractivity contribution in [3.8, 4) is 11.8 Å². The van der Waals surface area contributed by atoms with Gasteiger partial charge in [-0.1, -0.05) is 0 Å². The van der Waals surface area contributed by atoms with Gasteiger partial charge in [-0.3, -0.25) is 0 Å². The predicted octanol–water partition coefficient (Wildman–Crippen LogP) is 2.33. The summed E-state index contributed by atoms with van der Waals surface area (Å²) in [4.78, 5) is 12.3. The summed E-state index contributed by atoms with van der Waals surface area (Å²) in [5, 5.41) is 17.6. The molecular formula is C14H16N2O3. The summed E-state index contributed by atoms with van der Waals surface area (Å²) in [6.45, 7) is 1.66. The number of ether oxygens (including phenoxy) is 1. The molecule has 0 aliphatic carbocycles. The van der Waals surface area contributed by atoms with Gasteiger partial charge in [0.15, 0.2) is 0 Å². The quantitative estimate of drug-likeness (QED) is 0.905. The molecule has 0 aromatic heterocycles. The van der Waals surface area contributed by atoms with Crippen LogP contribution in [0.15, 0.2) is 24.3 Å². The second-order valence-electron chi connectivity index (χ2n) is 4.68. The molecule has 1 aliphatic heterocycles. The van der Waals surface area contributed by atoms with Crippen LogP contribution in [0.5, 0.6) is 5.75 Å². The molecule has 1 N–H and O–H groups in total. The zero-order valence-electron chi connectivity index (χ0n) is 10.6. The van der Waals surface area contributed by atoms with E-state index in [-0.39, 0.29) is 5.92 Å². The first-order valence-corrected chi connectivity index (χ1v) is 6.30. The summed E-state index contributed by atoms with van der Waals surface area (Å²) in [6, 6.07) is 8.99. The number of amides is 1. The van der Waals surface area contributed by atoms with E-state index < -0.39 is 6.09 Å². The summed E-state index contributed by atoms with van der Waals surface area (Å²) in [5.74, 6) is 0.951. The molecule has 2 rings (SSSR count). The van der Waals surface area contributed by atoms with Gasteiger partial charge in [0.1, 0.15) is 5.75 Å². The topological polar surface area (TPSA) is 73.6 Å². The fourth-order valence-electron chi connectivity index (χ4n) is 2.21. The lowest BCUT2D eigenvalue weighted by Crippen LogP contribution is -2.40. The largest absolute Gasteiger partial charge is 0.493 e. The number of piperidine rings is 1. The van der Waals surface area contributed by atoms with Crippen molar-refractivity contribution in [3.05, 3.63) is 29.8 Å². The second kappa shape index (κ2) is 6.10. The van der Waals surface area contributed by atoms with Crippen molar-refractivity contribution in [1.82, 2.24) is 4.90 Å². The fourth-order valence-corrected chi connectivity index (χ4v) is 2.21. The molecule has 19 heavy (non-hydrogen) atoms. The highest BCUT2D eigenvalue weighted by Gasteiger charge is 2.23. The molecule has 1 unspecified atom stereocenters. The summed E-state index contributed by atoms with van der Waals surface area (Å²) in [6.07, 6.45) is 1.01. The third-order valence-electron chi connectivity index (χ3n) is 3.26. The fraction of sp³-hybridized carbons (Fsp3) is 0.429. The molecule has 1 saturated heterocycles. The van der Waals surface area contributed by atoms with Gasteiger partial charge in [-0.2, -0.15) is 5.26 Å². The van der Waals surface area contributed by atoms with Crippen LogP contribution in [-0.4, -0.2) is 35.8 Å². The Morgan fingerprint density at radius 3 is 2.84 bits per heavy atom. The number of hydrogen-bond acceptors (Lipinski definition) is 3. The van der Waals surface area contributed by atoms with Crippen molar-refractivity contribution in [2.24, 2.45) is 5.92 Å². The number of carboxylic acid groups (broad SMARTS) is 1. The molecule has 5 nitrogen and oxygen atoms in total. The first kappa shape index (κ1) is 13.2. The summed E-state index contributed by atoms with van der Waals surface area (Å²) in [7, 11) is 0. The molecule has 0 bridgehead atoms. The molecular weight excluding hydrogens is 244 g/mol. The van der Waals surface area contributed by atoms with Gasteiger partial charge in [0.05, 0.1) is 18.2 Å². The lowest BCUT2D eigenvalue weighted by Gasteiger charge is -2.30. The van der Waals surface area contributed by atoms with Crippen LogP contribution < -0.4 is 4.74 Å². The Balaban J connectivity index is 1.84. The number of nitrogens with zero attached hydrogens (tertiary/aromatic N) is 2. The van der Waals surface area contributed by atoms with Crippen LogP contribution in [0.4, 0.5) is 4.79 Å². The highest BCUT2D eigenvalue weighted by atomic mass is 16.5. The maximum Gasteiger partial charge on any atom is 0.407 e. The van der Waals surface area contributed by atoms with Crippen LogP contribution in [0.2, 0.25) is 0 Å². The average Bonchev–Trinajstić information content (AvgIpc) is 2.46. The van der Waals surface area contributed by atoms with Gasteiger partial charge in [-0.15, -0.1) is 0 Å². The minimum absolute atomic E-state index is 0.237. The van der Waals surface area contributed by atoms with Crippen LogP contribution in [0, 0.1) is 17.2 Å². The maximum atomic E-state index is 10.9. The van der Waals surface area contributed by atoms with E-state index in [9.17, 15) is 4.79 Å². The van der Waals surface area contributed by atoms with E-state index in [0.717, 1.165) is 12.8 Å². The van der Waals surface area contributed by atoms with Crippen molar-refractivity contribution in [2.75, 3.05) is 19.7 Å². The molecule has 1 aliphatic rings. The van der Waals surface area contributed by atoms with Gasteiger partial charge in [0.2, 0.25) is 0 Å². The molecule has 1 amide bonds. The Bertz CT molecular complexity index is 478. The standard InChI is InChI=1S/C14H16N2O3/c15-8-11-3-5-13(6-4-11)19-10-12-2-1-7-16(9-12)14(17)18/h3-6,12H,1-2,7,9-10H2,(H,17,18). The van der Waals surface area contributed by atoms with E-state index in [2.05, 4.69) is 6.07 Å². The number of likely N-dealkylation sites (tertiary alicyclic amines) is 1. The molecule has 1 fully saturated rings. The van der Waals surface area contributed by atoms with E-state index in [1.165, 1.54) is 4.90 Å². The van der Waals surface area contributed by atoms with Gasteiger partial charge < -0.3 is 14.7 Å². The average molecular weight is 260 g/mol. The normalized spacial score (nSPS) is 18.7. The minimum atomic E-state index is -0.858. The number of hydrogen-bond donors (Lipinski definition) is 1. The lowest BCUT2D eigenvalue weighted by atomic mass is 9.99. The van der Waals surface area contributed by atoms with Crippen LogP contribution in [0.1, 0.15) is 18.4 Å². The van der Waals surface area contributed by atoms with E-state index in [1.807, 2.05) is 0 Å². The zero-order chi connectivity index (χ0) is 13.7. The number of carbonyl (C=O) groups is 1. The van der Waals surface area contributed by atoms with Crippen LogP contribution >= 0.6 is 0 Å². The van der Waals surface area contributed by atoms with Crippen molar-refractivity contribution in [3.63, 3.8) is 0 Å². The molecule has 1 atom stereocenters. The Morgan fingerprint density at radius 2 is 2.21 bits per heavy atom. The molecule has 1 aromatic carbocycles. The molecule has 5 heteroatoms. The molecule has 0 saturated carbocycles. The summed E-state index contributed by atoms with van der Waals surface area (Å²) in [5.41, 5.74) is 0.599. The van der Waals surface area contributed by atoms with Gasteiger partial charge >= 0.3 is 6.09 Å². The molecule has 0 spiro atoms. The van der Waals surface area contributed by atoms with Gasteiger partial charge in [0.25, 0.3) is 0 Å². The Labute approximate surface area is 112 Å². The highest BCUT2D eigenvalue weighted by molar-refractivity contribution is 5.65. The van der Waals surface area contributed by atoms with Crippen LogP contribution in [0.3, 0.4) is 0 Å². The van der Waals surface area contributed by atoms with Crippen LogP contribution in [-0.2, 0) is 0 Å². The molecule has 1 aromatic rings. The number of rotatable bonds is 3. The van der Waals surface area contributed by atoms with E-state index in [1.54, 1.807) is 24.3 Å². The Hall–Kier alpha value is -2.22. The predicted molar refractivity (Wildman–Crippen MR) is 69.0 cm³/mol. The minimum Gasteiger partial charge on any atom is -0.493 e. The third-order valence-corrected chi connectivity index (χ3v) is 3.26. The van der Waals surface area contributed by atoms with E-state index >= 15 is 0 Å². The van der Waals surface area contributed by atoms with Crippen LogP contribution in [0.25, 0.3) is 0 Å². The first-order chi connectivity index (χ1) is 9.19. The van der Waals surface area contributed by atoms with Crippen molar-refractivity contribution >= 4 is 6.09 Å². The Kier molecular flexibility index (Phi) is 4.24.